The van der Waals surface area contributed by atoms with E-state index in [2.05, 4.69) is 21.2 Å². The SMILES string of the molecule is COc1ccc([N+](=O)[O-])cc1NC(=O)[C@@H](C)OC(=O)/C=C/c1cn(-c2ccccc2)nc1-c1ccc(Br)cc1. The summed E-state index contributed by atoms with van der Waals surface area (Å²) in [6.45, 7) is 1.39. The third-order valence-electron chi connectivity index (χ3n) is 5.59. The van der Waals surface area contributed by atoms with Crippen LogP contribution in [0.2, 0.25) is 0 Å². The highest BCUT2D eigenvalue weighted by atomic mass is 79.9. The molecule has 1 heterocycles. The molecule has 0 saturated heterocycles. The molecule has 4 aromatic rings. The van der Waals surface area contributed by atoms with Crippen LogP contribution >= 0.6 is 15.9 Å². The molecule has 0 radical (unpaired) electrons. The maximum atomic E-state index is 12.6. The Kier molecular flexibility index (Phi) is 8.52. The van der Waals surface area contributed by atoms with E-state index in [1.807, 2.05) is 54.6 Å². The van der Waals surface area contributed by atoms with Gasteiger partial charge in [0.05, 0.1) is 29.1 Å². The molecule has 4 rings (SSSR count). The molecule has 1 aromatic heterocycles. The summed E-state index contributed by atoms with van der Waals surface area (Å²) < 4.78 is 13.0. The molecule has 0 aliphatic heterocycles. The van der Waals surface area contributed by atoms with Crippen molar-refractivity contribution in [3.63, 3.8) is 0 Å². The Morgan fingerprint density at radius 1 is 1.10 bits per heavy atom. The van der Waals surface area contributed by atoms with Crippen molar-refractivity contribution in [3.05, 3.63) is 105 Å². The van der Waals surface area contributed by atoms with Gasteiger partial charge in [-0.1, -0.05) is 46.3 Å². The number of non-ortho nitro benzene ring substituents is 1. The largest absolute Gasteiger partial charge is 0.495 e. The van der Waals surface area contributed by atoms with Crippen molar-refractivity contribution in [1.82, 2.24) is 9.78 Å². The third-order valence-corrected chi connectivity index (χ3v) is 6.12. The van der Waals surface area contributed by atoms with Gasteiger partial charge in [-0.2, -0.15) is 5.10 Å². The van der Waals surface area contributed by atoms with E-state index in [1.165, 1.54) is 38.3 Å². The fraction of sp³-hybridized carbons (Fsp3) is 0.107. The number of esters is 1. The molecule has 0 unspecified atom stereocenters. The number of nitro benzene ring substituents is 1. The van der Waals surface area contributed by atoms with Crippen molar-refractivity contribution in [3.8, 4) is 22.7 Å². The van der Waals surface area contributed by atoms with Gasteiger partial charge in [-0.3, -0.25) is 14.9 Å². The van der Waals surface area contributed by atoms with Crippen LogP contribution in [-0.2, 0) is 14.3 Å². The molecule has 11 heteroatoms. The van der Waals surface area contributed by atoms with Crippen LogP contribution in [0, 0.1) is 10.1 Å². The number of hydrogen-bond donors (Lipinski definition) is 1. The fourth-order valence-corrected chi connectivity index (χ4v) is 3.89. The lowest BCUT2D eigenvalue weighted by Crippen LogP contribution is -2.29. The zero-order valence-corrected chi connectivity index (χ0v) is 22.5. The summed E-state index contributed by atoms with van der Waals surface area (Å²) in [5.74, 6) is -1.20. The molecule has 0 aliphatic carbocycles. The maximum Gasteiger partial charge on any atom is 0.331 e. The maximum absolute atomic E-state index is 12.6. The number of anilines is 1. The first-order valence-corrected chi connectivity index (χ1v) is 12.5. The Hall–Kier alpha value is -4.77. The van der Waals surface area contributed by atoms with E-state index in [0.717, 1.165) is 15.7 Å². The summed E-state index contributed by atoms with van der Waals surface area (Å²) in [4.78, 5) is 35.7. The van der Waals surface area contributed by atoms with Gasteiger partial charge in [0.15, 0.2) is 6.10 Å². The molecule has 0 saturated carbocycles. The Labute approximate surface area is 232 Å². The summed E-state index contributed by atoms with van der Waals surface area (Å²) in [5, 5.41) is 18.3. The number of para-hydroxylation sites is 1. The second kappa shape index (κ2) is 12.2. The van der Waals surface area contributed by atoms with E-state index < -0.39 is 22.9 Å². The third kappa shape index (κ3) is 6.76. The Balaban J connectivity index is 1.50. The molecule has 10 nitrogen and oxygen atoms in total. The van der Waals surface area contributed by atoms with Crippen molar-refractivity contribution >= 4 is 45.3 Å². The van der Waals surface area contributed by atoms with Gasteiger partial charge in [0, 0.05) is 40.0 Å². The van der Waals surface area contributed by atoms with Gasteiger partial charge in [0.25, 0.3) is 11.6 Å². The molecule has 1 atom stereocenters. The number of hydrogen-bond acceptors (Lipinski definition) is 7. The quantitative estimate of drug-likeness (QED) is 0.113. The van der Waals surface area contributed by atoms with Crippen molar-refractivity contribution in [2.45, 2.75) is 13.0 Å². The normalized spacial score (nSPS) is 11.7. The second-order valence-corrected chi connectivity index (χ2v) is 9.18. The molecule has 0 fully saturated rings. The van der Waals surface area contributed by atoms with E-state index in [0.29, 0.717) is 11.3 Å². The summed E-state index contributed by atoms with van der Waals surface area (Å²) in [7, 11) is 1.37. The van der Waals surface area contributed by atoms with Gasteiger partial charge in [-0.05, 0) is 43.3 Å². The van der Waals surface area contributed by atoms with Gasteiger partial charge in [0.1, 0.15) is 5.75 Å². The van der Waals surface area contributed by atoms with Gasteiger partial charge < -0.3 is 14.8 Å². The number of aromatic nitrogens is 2. The number of amides is 1. The number of halogens is 1. The molecule has 1 amide bonds. The number of carbonyl (C=O) groups excluding carboxylic acids is 2. The van der Waals surface area contributed by atoms with Crippen LogP contribution in [0.5, 0.6) is 5.75 Å². The second-order valence-electron chi connectivity index (χ2n) is 8.26. The van der Waals surface area contributed by atoms with Crippen molar-refractivity contribution < 1.29 is 24.0 Å². The minimum absolute atomic E-state index is 0.0857. The molecule has 0 spiro atoms. The number of nitrogens with one attached hydrogen (secondary N) is 1. The predicted octanol–water partition coefficient (Wildman–Crippen LogP) is 5.80. The van der Waals surface area contributed by atoms with Crippen LogP contribution in [0.25, 0.3) is 23.0 Å². The summed E-state index contributed by atoms with van der Waals surface area (Å²) in [6.07, 6.45) is 3.39. The number of benzene rings is 3. The first-order chi connectivity index (χ1) is 18.7. The van der Waals surface area contributed by atoms with E-state index in [1.54, 1.807) is 17.0 Å². The van der Waals surface area contributed by atoms with E-state index in [4.69, 9.17) is 14.6 Å². The highest BCUT2D eigenvalue weighted by Gasteiger charge is 2.20. The molecular weight excluding hydrogens is 568 g/mol. The number of carbonyl (C=O) groups is 2. The number of rotatable bonds is 9. The molecule has 39 heavy (non-hydrogen) atoms. The lowest BCUT2D eigenvalue weighted by Gasteiger charge is -2.14. The standard InChI is InChI=1S/C28H23BrN4O6/c1-18(28(35)30-24-16-23(33(36)37)13-14-25(24)38-2)39-26(34)15-10-20-17-32(22-6-4-3-5-7-22)31-27(20)19-8-11-21(29)12-9-19/h3-18H,1-2H3,(H,30,35)/b15-10+/t18-/m1/s1. The zero-order valence-electron chi connectivity index (χ0n) is 20.9. The molecule has 1 N–H and O–H groups in total. The summed E-state index contributed by atoms with van der Waals surface area (Å²) in [5.41, 5.74) is 2.87. The lowest BCUT2D eigenvalue weighted by molar-refractivity contribution is -0.384. The number of nitrogens with zero attached hydrogens (tertiary/aromatic N) is 3. The van der Waals surface area contributed by atoms with Crippen molar-refractivity contribution in [2.24, 2.45) is 0 Å². The summed E-state index contributed by atoms with van der Waals surface area (Å²) >= 11 is 3.43. The Morgan fingerprint density at radius 2 is 1.82 bits per heavy atom. The predicted molar refractivity (Wildman–Crippen MR) is 150 cm³/mol. The van der Waals surface area contributed by atoms with Crippen LogP contribution in [0.1, 0.15) is 12.5 Å². The van der Waals surface area contributed by atoms with Crippen LogP contribution in [0.3, 0.4) is 0 Å². The monoisotopic (exact) mass is 590 g/mol. The fourth-order valence-electron chi connectivity index (χ4n) is 3.62. The highest BCUT2D eigenvalue weighted by molar-refractivity contribution is 9.10. The van der Waals surface area contributed by atoms with Gasteiger partial charge >= 0.3 is 5.97 Å². The average molecular weight is 591 g/mol. The lowest BCUT2D eigenvalue weighted by atomic mass is 10.1. The van der Waals surface area contributed by atoms with Crippen LogP contribution in [0.4, 0.5) is 11.4 Å². The van der Waals surface area contributed by atoms with E-state index in [9.17, 15) is 19.7 Å². The Bertz CT molecular complexity index is 1530. The topological polar surface area (TPSA) is 126 Å². The van der Waals surface area contributed by atoms with Crippen molar-refractivity contribution in [2.75, 3.05) is 12.4 Å². The zero-order chi connectivity index (χ0) is 27.9. The van der Waals surface area contributed by atoms with E-state index >= 15 is 0 Å². The number of methoxy groups -OCH3 is 1. The Morgan fingerprint density at radius 3 is 2.49 bits per heavy atom. The minimum atomic E-state index is -1.19. The summed E-state index contributed by atoms with van der Waals surface area (Å²) in [6, 6.07) is 20.9. The van der Waals surface area contributed by atoms with Crippen LogP contribution < -0.4 is 10.1 Å². The molecule has 0 aliphatic rings. The number of ether oxygens (including phenoxy) is 2. The van der Waals surface area contributed by atoms with Crippen LogP contribution in [0.15, 0.2) is 89.5 Å². The first kappa shape index (κ1) is 27.3. The highest BCUT2D eigenvalue weighted by Crippen LogP contribution is 2.29. The first-order valence-electron chi connectivity index (χ1n) is 11.7. The van der Waals surface area contributed by atoms with Gasteiger partial charge in [-0.15, -0.1) is 0 Å². The molecule has 198 valence electrons. The van der Waals surface area contributed by atoms with E-state index in [-0.39, 0.29) is 17.1 Å². The van der Waals surface area contributed by atoms with Gasteiger partial charge in [-0.25, -0.2) is 9.48 Å². The smallest absolute Gasteiger partial charge is 0.331 e. The molecule has 3 aromatic carbocycles. The average Bonchev–Trinajstić information content (AvgIpc) is 3.37. The van der Waals surface area contributed by atoms with Crippen LogP contribution in [-0.4, -0.2) is 39.8 Å². The van der Waals surface area contributed by atoms with Gasteiger partial charge in [0.2, 0.25) is 0 Å². The minimum Gasteiger partial charge on any atom is -0.495 e. The number of nitro groups is 1. The molecular formula is C28H23BrN4O6. The molecule has 0 bridgehead atoms. The van der Waals surface area contributed by atoms with Crippen molar-refractivity contribution in [1.29, 1.82) is 0 Å².